The second-order valence-electron chi connectivity index (χ2n) is 4.78. The first-order valence-electron chi connectivity index (χ1n) is 7.06. The maximum atomic E-state index is 12.1. The maximum Gasteiger partial charge on any atom is 0.273 e. The van der Waals surface area contributed by atoms with Gasteiger partial charge in [0.25, 0.3) is 5.91 Å². The largest absolute Gasteiger partial charge is 0.496 e. The van der Waals surface area contributed by atoms with Crippen LogP contribution in [0.4, 0.5) is 0 Å². The number of para-hydroxylation sites is 1. The van der Waals surface area contributed by atoms with Crippen molar-refractivity contribution in [2.75, 3.05) is 7.11 Å². The van der Waals surface area contributed by atoms with Crippen molar-refractivity contribution in [3.05, 3.63) is 66.1 Å². The van der Waals surface area contributed by atoms with Crippen molar-refractivity contribution in [2.45, 2.75) is 6.54 Å². The van der Waals surface area contributed by atoms with E-state index in [2.05, 4.69) is 15.5 Å². The lowest BCUT2D eigenvalue weighted by atomic mass is 10.1. The SMILES string of the molecule is COc1ccccc1-c1cc(C(=O)NCc2ccccn2)no1. The number of methoxy groups -OCH3 is 1. The standard InChI is InChI=1S/C17H15N3O3/c1-22-15-8-3-2-7-13(15)16-10-14(20-23-16)17(21)19-11-12-6-4-5-9-18-12/h2-10H,11H2,1H3,(H,19,21). The Balaban J connectivity index is 1.72. The molecule has 0 saturated heterocycles. The fraction of sp³-hybridized carbons (Fsp3) is 0.118. The molecule has 0 radical (unpaired) electrons. The number of nitrogens with one attached hydrogen (secondary N) is 1. The molecule has 0 spiro atoms. The first kappa shape index (κ1) is 14.8. The molecule has 1 amide bonds. The van der Waals surface area contributed by atoms with E-state index in [1.165, 1.54) is 0 Å². The molecule has 1 N–H and O–H groups in total. The van der Waals surface area contributed by atoms with E-state index in [0.717, 1.165) is 11.3 Å². The van der Waals surface area contributed by atoms with E-state index < -0.39 is 0 Å². The number of carbonyl (C=O) groups is 1. The summed E-state index contributed by atoms with van der Waals surface area (Å²) in [6.45, 7) is 0.330. The molecule has 0 bridgehead atoms. The Morgan fingerprint density at radius 2 is 2.04 bits per heavy atom. The van der Waals surface area contributed by atoms with Crippen LogP contribution in [-0.4, -0.2) is 23.2 Å². The van der Waals surface area contributed by atoms with Crippen molar-refractivity contribution in [2.24, 2.45) is 0 Å². The van der Waals surface area contributed by atoms with Gasteiger partial charge in [-0.1, -0.05) is 23.4 Å². The number of pyridine rings is 1. The third-order valence-corrected chi connectivity index (χ3v) is 3.27. The van der Waals surface area contributed by atoms with E-state index in [9.17, 15) is 4.79 Å². The summed E-state index contributed by atoms with van der Waals surface area (Å²) in [6, 6.07) is 14.5. The Bertz CT molecular complexity index is 800. The highest BCUT2D eigenvalue weighted by molar-refractivity contribution is 5.93. The van der Waals surface area contributed by atoms with Crippen molar-refractivity contribution in [3.8, 4) is 17.1 Å². The molecule has 0 fully saturated rings. The van der Waals surface area contributed by atoms with Crippen LogP contribution in [-0.2, 0) is 6.54 Å². The zero-order valence-electron chi connectivity index (χ0n) is 12.5. The third-order valence-electron chi connectivity index (χ3n) is 3.27. The molecular formula is C17H15N3O3. The molecule has 2 aromatic heterocycles. The van der Waals surface area contributed by atoms with Crippen molar-refractivity contribution >= 4 is 5.91 Å². The highest BCUT2D eigenvalue weighted by Crippen LogP contribution is 2.29. The van der Waals surface area contributed by atoms with Crippen LogP contribution in [0.3, 0.4) is 0 Å². The third kappa shape index (κ3) is 3.37. The average Bonchev–Trinajstić information content (AvgIpc) is 3.10. The summed E-state index contributed by atoms with van der Waals surface area (Å²) in [7, 11) is 1.58. The molecule has 3 rings (SSSR count). The molecule has 6 nitrogen and oxygen atoms in total. The molecule has 0 aliphatic rings. The lowest BCUT2D eigenvalue weighted by molar-refractivity contribution is 0.0941. The summed E-state index contributed by atoms with van der Waals surface area (Å²) in [4.78, 5) is 16.3. The summed E-state index contributed by atoms with van der Waals surface area (Å²) < 4.78 is 10.5. The highest BCUT2D eigenvalue weighted by atomic mass is 16.5. The maximum absolute atomic E-state index is 12.1. The number of hydrogen-bond acceptors (Lipinski definition) is 5. The Hall–Kier alpha value is -3.15. The highest BCUT2D eigenvalue weighted by Gasteiger charge is 2.15. The molecule has 3 aromatic rings. The van der Waals surface area contributed by atoms with E-state index in [0.29, 0.717) is 18.1 Å². The van der Waals surface area contributed by atoms with Crippen LogP contribution in [0.2, 0.25) is 0 Å². The van der Waals surface area contributed by atoms with Gasteiger partial charge >= 0.3 is 0 Å². The fourth-order valence-electron chi connectivity index (χ4n) is 2.12. The number of ether oxygens (including phenoxy) is 1. The molecule has 0 atom stereocenters. The molecule has 1 aromatic carbocycles. The minimum absolute atomic E-state index is 0.210. The van der Waals surface area contributed by atoms with Crippen LogP contribution in [0.15, 0.2) is 59.3 Å². The number of amides is 1. The van der Waals surface area contributed by atoms with Gasteiger partial charge in [-0.15, -0.1) is 0 Å². The molecule has 2 heterocycles. The monoisotopic (exact) mass is 309 g/mol. The van der Waals surface area contributed by atoms with Gasteiger partial charge in [-0.2, -0.15) is 0 Å². The zero-order valence-corrected chi connectivity index (χ0v) is 12.5. The van der Waals surface area contributed by atoms with Crippen molar-refractivity contribution in [1.29, 1.82) is 0 Å². The van der Waals surface area contributed by atoms with Crippen LogP contribution in [0, 0.1) is 0 Å². The fourth-order valence-corrected chi connectivity index (χ4v) is 2.12. The van der Waals surface area contributed by atoms with Gasteiger partial charge in [0.2, 0.25) is 0 Å². The Morgan fingerprint density at radius 3 is 2.83 bits per heavy atom. The molecule has 116 valence electrons. The van der Waals surface area contributed by atoms with Crippen molar-refractivity contribution in [3.63, 3.8) is 0 Å². The van der Waals surface area contributed by atoms with E-state index in [1.54, 1.807) is 19.4 Å². The molecule has 0 aliphatic heterocycles. The molecule has 0 saturated carbocycles. The first-order chi connectivity index (χ1) is 11.3. The van der Waals surface area contributed by atoms with E-state index >= 15 is 0 Å². The minimum Gasteiger partial charge on any atom is -0.496 e. The van der Waals surface area contributed by atoms with Gasteiger partial charge in [0.1, 0.15) is 5.75 Å². The van der Waals surface area contributed by atoms with Gasteiger partial charge in [-0.05, 0) is 24.3 Å². The van der Waals surface area contributed by atoms with Gasteiger partial charge in [-0.25, -0.2) is 0 Å². The summed E-state index contributed by atoms with van der Waals surface area (Å²) in [6.07, 6.45) is 1.68. The molecule has 0 unspecified atom stereocenters. The lowest BCUT2D eigenvalue weighted by Gasteiger charge is -2.03. The second-order valence-corrected chi connectivity index (χ2v) is 4.78. The van der Waals surface area contributed by atoms with Crippen LogP contribution < -0.4 is 10.1 Å². The molecule has 6 heteroatoms. The van der Waals surface area contributed by atoms with Gasteiger partial charge in [0, 0.05) is 12.3 Å². The van der Waals surface area contributed by atoms with Gasteiger partial charge in [0.15, 0.2) is 11.5 Å². The predicted octanol–water partition coefficient (Wildman–Crippen LogP) is 2.68. The van der Waals surface area contributed by atoms with Crippen molar-refractivity contribution in [1.82, 2.24) is 15.5 Å². The second kappa shape index (κ2) is 6.74. The van der Waals surface area contributed by atoms with Gasteiger partial charge < -0.3 is 14.6 Å². The molecule has 23 heavy (non-hydrogen) atoms. The van der Waals surface area contributed by atoms with E-state index in [4.69, 9.17) is 9.26 Å². The quantitative estimate of drug-likeness (QED) is 0.784. The summed E-state index contributed by atoms with van der Waals surface area (Å²) in [5, 5.41) is 6.57. The summed E-state index contributed by atoms with van der Waals surface area (Å²) in [5.41, 5.74) is 1.72. The zero-order chi connectivity index (χ0) is 16.1. The van der Waals surface area contributed by atoms with Crippen molar-refractivity contribution < 1.29 is 14.1 Å². The lowest BCUT2D eigenvalue weighted by Crippen LogP contribution is -2.23. The van der Waals surface area contributed by atoms with Gasteiger partial charge in [-0.3, -0.25) is 9.78 Å². The van der Waals surface area contributed by atoms with Crippen LogP contribution >= 0.6 is 0 Å². The van der Waals surface area contributed by atoms with Gasteiger partial charge in [0.05, 0.1) is 24.9 Å². The number of benzene rings is 1. The van der Waals surface area contributed by atoms with E-state index in [-0.39, 0.29) is 11.6 Å². The van der Waals surface area contributed by atoms with E-state index in [1.807, 2.05) is 42.5 Å². The number of carbonyl (C=O) groups excluding carboxylic acids is 1. The van der Waals surface area contributed by atoms with Crippen LogP contribution in [0.25, 0.3) is 11.3 Å². The molecule has 0 aliphatic carbocycles. The number of hydrogen-bond donors (Lipinski definition) is 1. The number of aromatic nitrogens is 2. The minimum atomic E-state index is -0.319. The Morgan fingerprint density at radius 1 is 1.22 bits per heavy atom. The normalized spacial score (nSPS) is 10.3. The summed E-state index contributed by atoms with van der Waals surface area (Å²) in [5.74, 6) is 0.815. The van der Waals surface area contributed by atoms with Crippen LogP contribution in [0.1, 0.15) is 16.2 Å². The summed E-state index contributed by atoms with van der Waals surface area (Å²) >= 11 is 0. The Labute approximate surface area is 133 Å². The smallest absolute Gasteiger partial charge is 0.273 e. The number of nitrogens with zero attached hydrogens (tertiary/aromatic N) is 2. The molecular weight excluding hydrogens is 294 g/mol. The van der Waals surface area contributed by atoms with Crippen LogP contribution in [0.5, 0.6) is 5.75 Å². The predicted molar refractivity (Wildman–Crippen MR) is 83.9 cm³/mol. The first-order valence-corrected chi connectivity index (χ1v) is 7.06. The average molecular weight is 309 g/mol. The Kier molecular flexibility index (Phi) is 4.33. The number of rotatable bonds is 5. The topological polar surface area (TPSA) is 77.2 Å².